The Morgan fingerprint density at radius 2 is 2.33 bits per heavy atom. The number of aromatic nitrogens is 3. The van der Waals surface area contributed by atoms with Crippen LogP contribution < -0.4 is 10.9 Å². The van der Waals surface area contributed by atoms with Crippen LogP contribution in [0.3, 0.4) is 0 Å². The highest BCUT2D eigenvalue weighted by molar-refractivity contribution is 7.20. The van der Waals surface area contributed by atoms with Crippen molar-refractivity contribution in [1.82, 2.24) is 20.4 Å². The lowest BCUT2D eigenvalue weighted by Crippen LogP contribution is -2.17. The molecular weight excluding hydrogens is 292 g/mol. The molecule has 0 unspecified atom stereocenters. The third-order valence-corrected chi connectivity index (χ3v) is 4.32. The van der Waals surface area contributed by atoms with Crippen LogP contribution in [0.4, 0.5) is 0 Å². The number of carbonyl (C=O) groups is 1. The normalized spacial score (nSPS) is 11.0. The van der Waals surface area contributed by atoms with Gasteiger partial charge in [-0.25, -0.2) is 4.98 Å². The van der Waals surface area contributed by atoms with Gasteiger partial charge in [-0.1, -0.05) is 5.16 Å². The van der Waals surface area contributed by atoms with Crippen molar-refractivity contribution in [2.45, 2.75) is 13.3 Å². The van der Waals surface area contributed by atoms with Crippen LogP contribution in [0.15, 0.2) is 21.8 Å². The number of H-pyrrole nitrogens is 1. The molecule has 0 saturated heterocycles. The molecule has 7 nitrogen and oxygen atoms in total. The Morgan fingerprint density at radius 3 is 3.00 bits per heavy atom. The first kappa shape index (κ1) is 13.5. The highest BCUT2D eigenvalue weighted by Gasteiger charge is 2.18. The minimum atomic E-state index is -0.240. The molecule has 3 rings (SSSR count). The number of carbonyl (C=O) groups excluding carboxylic acids is 1. The molecule has 0 aromatic carbocycles. The summed E-state index contributed by atoms with van der Waals surface area (Å²) in [7, 11) is 1.56. The maximum Gasteiger partial charge on any atom is 0.261 e. The third kappa shape index (κ3) is 2.33. The molecule has 0 saturated carbocycles. The fraction of sp³-hybridized carbons (Fsp3) is 0.231. The Bertz CT molecular complexity index is 864. The number of nitrogens with zero attached hydrogens (tertiary/aromatic N) is 2. The van der Waals surface area contributed by atoms with Gasteiger partial charge in [0.25, 0.3) is 11.5 Å². The van der Waals surface area contributed by atoms with Crippen LogP contribution in [0.1, 0.15) is 26.6 Å². The van der Waals surface area contributed by atoms with Crippen LogP contribution in [-0.2, 0) is 6.42 Å². The van der Waals surface area contributed by atoms with E-state index in [-0.39, 0.29) is 11.5 Å². The molecule has 0 atom stereocenters. The summed E-state index contributed by atoms with van der Waals surface area (Å²) in [6.07, 6.45) is 3.49. The van der Waals surface area contributed by atoms with Gasteiger partial charge in [0, 0.05) is 19.0 Å². The molecule has 0 aliphatic carbocycles. The molecule has 0 aliphatic rings. The Kier molecular flexibility index (Phi) is 3.30. The van der Waals surface area contributed by atoms with Gasteiger partial charge in [0.2, 0.25) is 0 Å². The van der Waals surface area contributed by atoms with Gasteiger partial charge in [0.05, 0.1) is 16.5 Å². The van der Waals surface area contributed by atoms with Gasteiger partial charge in [-0.05, 0) is 12.5 Å². The quantitative estimate of drug-likeness (QED) is 0.758. The summed E-state index contributed by atoms with van der Waals surface area (Å²) in [6, 6.07) is 0. The SMILES string of the molecule is CNC(=O)c1sc2nc(Cc3cnoc3)[nH]c(=O)c2c1C. The summed E-state index contributed by atoms with van der Waals surface area (Å²) < 4.78 is 4.75. The fourth-order valence-electron chi connectivity index (χ4n) is 2.11. The second-order valence-electron chi connectivity index (χ2n) is 4.54. The van der Waals surface area contributed by atoms with E-state index in [1.54, 1.807) is 20.2 Å². The first-order valence-electron chi connectivity index (χ1n) is 6.22. The summed E-state index contributed by atoms with van der Waals surface area (Å²) in [4.78, 5) is 32.2. The number of hydrogen-bond acceptors (Lipinski definition) is 6. The van der Waals surface area contributed by atoms with E-state index in [4.69, 9.17) is 4.52 Å². The second kappa shape index (κ2) is 5.13. The van der Waals surface area contributed by atoms with E-state index in [0.29, 0.717) is 32.9 Å². The molecular formula is C13H12N4O3S. The lowest BCUT2D eigenvalue weighted by molar-refractivity contribution is 0.0966. The Labute approximate surface area is 123 Å². The van der Waals surface area contributed by atoms with Crippen molar-refractivity contribution in [2.24, 2.45) is 0 Å². The zero-order valence-electron chi connectivity index (χ0n) is 11.4. The maximum absolute atomic E-state index is 12.2. The lowest BCUT2D eigenvalue weighted by atomic mass is 10.2. The van der Waals surface area contributed by atoms with E-state index in [1.807, 2.05) is 0 Å². The van der Waals surface area contributed by atoms with Crippen LogP contribution in [0.2, 0.25) is 0 Å². The number of nitrogens with one attached hydrogen (secondary N) is 2. The molecule has 0 aliphatic heterocycles. The summed E-state index contributed by atoms with van der Waals surface area (Å²) in [5, 5.41) is 6.64. The summed E-state index contributed by atoms with van der Waals surface area (Å²) in [6.45, 7) is 1.75. The second-order valence-corrected chi connectivity index (χ2v) is 5.54. The third-order valence-electron chi connectivity index (χ3n) is 3.14. The highest BCUT2D eigenvalue weighted by atomic mass is 32.1. The van der Waals surface area contributed by atoms with Crippen molar-refractivity contribution in [3.8, 4) is 0 Å². The van der Waals surface area contributed by atoms with E-state index in [9.17, 15) is 9.59 Å². The van der Waals surface area contributed by atoms with Crippen molar-refractivity contribution >= 4 is 27.5 Å². The van der Waals surface area contributed by atoms with Crippen molar-refractivity contribution < 1.29 is 9.32 Å². The van der Waals surface area contributed by atoms with Crippen LogP contribution in [-0.4, -0.2) is 28.1 Å². The molecule has 21 heavy (non-hydrogen) atoms. The summed E-state index contributed by atoms with van der Waals surface area (Å²) in [5.41, 5.74) is 1.23. The van der Waals surface area contributed by atoms with Gasteiger partial charge in [0.15, 0.2) is 0 Å². The molecule has 0 spiro atoms. The Morgan fingerprint density at radius 1 is 1.52 bits per heavy atom. The molecule has 0 radical (unpaired) electrons. The van der Waals surface area contributed by atoms with E-state index < -0.39 is 0 Å². The number of aryl methyl sites for hydroxylation is 1. The number of aromatic amines is 1. The molecule has 108 valence electrons. The van der Waals surface area contributed by atoms with Gasteiger partial charge < -0.3 is 14.8 Å². The zero-order chi connectivity index (χ0) is 15.0. The van der Waals surface area contributed by atoms with Gasteiger partial charge in [-0.2, -0.15) is 0 Å². The number of amides is 1. The van der Waals surface area contributed by atoms with E-state index in [1.165, 1.54) is 17.6 Å². The first-order valence-corrected chi connectivity index (χ1v) is 7.04. The fourth-order valence-corrected chi connectivity index (χ4v) is 3.26. The summed E-state index contributed by atoms with van der Waals surface area (Å²) in [5.74, 6) is 0.302. The molecule has 0 bridgehead atoms. The van der Waals surface area contributed by atoms with Gasteiger partial charge in [-0.3, -0.25) is 9.59 Å². The van der Waals surface area contributed by atoms with Gasteiger partial charge in [-0.15, -0.1) is 11.3 Å². The largest absolute Gasteiger partial charge is 0.364 e. The monoisotopic (exact) mass is 304 g/mol. The van der Waals surface area contributed by atoms with E-state index in [2.05, 4.69) is 20.4 Å². The van der Waals surface area contributed by atoms with Gasteiger partial charge in [0.1, 0.15) is 16.9 Å². The smallest absolute Gasteiger partial charge is 0.261 e. The van der Waals surface area contributed by atoms with Crippen LogP contribution in [0.5, 0.6) is 0 Å². The Hall–Kier alpha value is -2.48. The van der Waals surface area contributed by atoms with Crippen LogP contribution in [0.25, 0.3) is 10.2 Å². The van der Waals surface area contributed by atoms with Gasteiger partial charge >= 0.3 is 0 Å². The average molecular weight is 304 g/mol. The number of fused-ring (bicyclic) bond motifs is 1. The standard InChI is InChI=1S/C13H12N4O3S/c1-6-9-11(18)16-8(3-7-4-15-20-5-7)17-13(9)21-10(6)12(19)14-2/h4-5H,3H2,1-2H3,(H,14,19)(H,16,17,18). The minimum absolute atomic E-state index is 0.213. The molecule has 8 heteroatoms. The molecule has 0 fully saturated rings. The Balaban J connectivity index is 2.11. The lowest BCUT2D eigenvalue weighted by Gasteiger charge is -1.98. The number of thiophene rings is 1. The van der Waals surface area contributed by atoms with Crippen LogP contribution in [0, 0.1) is 6.92 Å². The van der Waals surface area contributed by atoms with E-state index in [0.717, 1.165) is 5.56 Å². The number of hydrogen-bond donors (Lipinski definition) is 2. The topological polar surface area (TPSA) is 101 Å². The van der Waals surface area contributed by atoms with Crippen molar-refractivity contribution in [1.29, 1.82) is 0 Å². The van der Waals surface area contributed by atoms with Crippen molar-refractivity contribution in [3.05, 3.63) is 44.6 Å². The minimum Gasteiger partial charge on any atom is -0.364 e. The van der Waals surface area contributed by atoms with E-state index >= 15 is 0 Å². The zero-order valence-corrected chi connectivity index (χ0v) is 12.2. The molecule has 2 N–H and O–H groups in total. The maximum atomic E-state index is 12.2. The highest BCUT2D eigenvalue weighted by Crippen LogP contribution is 2.26. The van der Waals surface area contributed by atoms with Crippen molar-refractivity contribution in [2.75, 3.05) is 7.05 Å². The average Bonchev–Trinajstić information content (AvgIpc) is 3.06. The molecule has 3 aromatic rings. The predicted molar refractivity (Wildman–Crippen MR) is 77.7 cm³/mol. The molecule has 3 heterocycles. The number of rotatable bonds is 3. The van der Waals surface area contributed by atoms with Crippen LogP contribution >= 0.6 is 11.3 Å². The predicted octanol–water partition coefficient (Wildman–Crippen LogP) is 1.23. The van der Waals surface area contributed by atoms with Crippen molar-refractivity contribution in [3.63, 3.8) is 0 Å². The molecule has 3 aromatic heterocycles. The molecule has 1 amide bonds. The summed E-state index contributed by atoms with van der Waals surface area (Å²) >= 11 is 1.22. The first-order chi connectivity index (χ1) is 10.1.